The van der Waals surface area contributed by atoms with Crippen LogP contribution in [0, 0.1) is 0 Å². The molecule has 0 bridgehead atoms. The molecular weight excluding hydrogens is 428 g/mol. The van der Waals surface area contributed by atoms with Crippen molar-refractivity contribution in [2.75, 3.05) is 10.6 Å². The van der Waals surface area contributed by atoms with Crippen LogP contribution in [0.25, 0.3) is 5.65 Å². The Kier molecular flexibility index (Phi) is 6.63. The molecule has 2 N–H and O–H groups in total. The zero-order valence-corrected chi connectivity index (χ0v) is 19.4. The lowest BCUT2D eigenvalue weighted by molar-refractivity contribution is 0.102. The van der Waals surface area contributed by atoms with Gasteiger partial charge in [-0.05, 0) is 61.4 Å². The molecule has 6 heteroatoms. The van der Waals surface area contributed by atoms with Crippen molar-refractivity contribution in [3.8, 4) is 0 Å². The number of nitrogens with one attached hydrogen (secondary N) is 2. The summed E-state index contributed by atoms with van der Waals surface area (Å²) in [4.78, 5) is 18.6. The van der Waals surface area contributed by atoms with Crippen molar-refractivity contribution < 1.29 is 4.79 Å². The van der Waals surface area contributed by atoms with E-state index < -0.39 is 0 Å². The SMILES string of the molecule is O=C(Nc1ccc(NC2CCCCC2)cc1)c1ccccc1SCc1cn2ccccc2n1. The lowest BCUT2D eigenvalue weighted by Gasteiger charge is -2.23. The van der Waals surface area contributed by atoms with Crippen LogP contribution in [0.5, 0.6) is 0 Å². The predicted octanol–water partition coefficient (Wildman–Crippen LogP) is 6.62. The van der Waals surface area contributed by atoms with Crippen molar-refractivity contribution in [2.45, 2.75) is 48.8 Å². The van der Waals surface area contributed by atoms with E-state index in [0.29, 0.717) is 17.4 Å². The second-order valence-corrected chi connectivity index (χ2v) is 9.51. The summed E-state index contributed by atoms with van der Waals surface area (Å²) in [5.74, 6) is 0.606. The molecule has 1 fully saturated rings. The van der Waals surface area contributed by atoms with Gasteiger partial charge in [0.05, 0.1) is 11.3 Å². The van der Waals surface area contributed by atoms with E-state index >= 15 is 0 Å². The van der Waals surface area contributed by atoms with Crippen LogP contribution in [0.3, 0.4) is 0 Å². The quantitative estimate of drug-likeness (QED) is 0.307. The summed E-state index contributed by atoms with van der Waals surface area (Å²) in [7, 11) is 0. The fourth-order valence-corrected chi connectivity index (χ4v) is 5.25. The highest BCUT2D eigenvalue weighted by Gasteiger charge is 2.14. The van der Waals surface area contributed by atoms with E-state index in [4.69, 9.17) is 0 Å². The van der Waals surface area contributed by atoms with Crippen LogP contribution < -0.4 is 10.6 Å². The van der Waals surface area contributed by atoms with Crippen LogP contribution >= 0.6 is 11.8 Å². The summed E-state index contributed by atoms with van der Waals surface area (Å²) < 4.78 is 2.02. The second kappa shape index (κ2) is 10.1. The van der Waals surface area contributed by atoms with E-state index in [2.05, 4.69) is 15.6 Å². The molecule has 1 amide bonds. The van der Waals surface area contributed by atoms with Crippen LogP contribution in [-0.2, 0) is 5.75 Å². The van der Waals surface area contributed by atoms with Gasteiger partial charge in [-0.1, -0.05) is 37.5 Å². The van der Waals surface area contributed by atoms with Crippen molar-refractivity contribution >= 4 is 34.7 Å². The third-order valence-corrected chi connectivity index (χ3v) is 7.15. The molecule has 0 saturated heterocycles. The molecule has 0 aliphatic heterocycles. The minimum atomic E-state index is -0.0962. The van der Waals surface area contributed by atoms with Gasteiger partial charge in [0.1, 0.15) is 5.65 Å². The minimum absolute atomic E-state index is 0.0962. The number of thioether (sulfide) groups is 1. The summed E-state index contributed by atoms with van der Waals surface area (Å²) in [5.41, 5.74) is 4.51. The predicted molar refractivity (Wildman–Crippen MR) is 136 cm³/mol. The number of anilines is 2. The van der Waals surface area contributed by atoms with Crippen molar-refractivity contribution in [3.63, 3.8) is 0 Å². The first-order chi connectivity index (χ1) is 16.2. The van der Waals surface area contributed by atoms with E-state index in [0.717, 1.165) is 27.6 Å². The summed E-state index contributed by atoms with van der Waals surface area (Å²) >= 11 is 1.63. The van der Waals surface area contributed by atoms with Gasteiger partial charge in [-0.25, -0.2) is 4.98 Å². The Balaban J connectivity index is 1.22. The summed E-state index contributed by atoms with van der Waals surface area (Å²) in [6, 6.07) is 22.3. The number of imidazole rings is 1. The number of pyridine rings is 1. The van der Waals surface area contributed by atoms with Crippen molar-refractivity contribution in [1.29, 1.82) is 0 Å². The highest BCUT2D eigenvalue weighted by molar-refractivity contribution is 7.98. The minimum Gasteiger partial charge on any atom is -0.382 e. The Hall–Kier alpha value is -3.25. The molecule has 0 unspecified atom stereocenters. The van der Waals surface area contributed by atoms with Crippen molar-refractivity contribution in [2.24, 2.45) is 0 Å². The number of amides is 1. The number of hydrogen-bond acceptors (Lipinski definition) is 4. The van der Waals surface area contributed by atoms with Gasteiger partial charge >= 0.3 is 0 Å². The summed E-state index contributed by atoms with van der Waals surface area (Å²) in [6.07, 6.45) is 10.5. The van der Waals surface area contributed by atoms with Crippen LogP contribution in [0.15, 0.2) is 84.0 Å². The fraction of sp³-hybridized carbons (Fsp3) is 0.259. The first kappa shape index (κ1) is 21.6. The Morgan fingerprint density at radius 1 is 0.939 bits per heavy atom. The highest BCUT2D eigenvalue weighted by atomic mass is 32.2. The third-order valence-electron chi connectivity index (χ3n) is 6.04. The first-order valence-electron chi connectivity index (χ1n) is 11.6. The molecule has 0 atom stereocenters. The van der Waals surface area contributed by atoms with Gasteiger partial charge in [-0.15, -0.1) is 11.8 Å². The topological polar surface area (TPSA) is 58.4 Å². The van der Waals surface area contributed by atoms with E-state index in [-0.39, 0.29) is 5.91 Å². The van der Waals surface area contributed by atoms with E-state index in [1.807, 2.05) is 83.5 Å². The molecule has 1 aliphatic carbocycles. The molecule has 0 radical (unpaired) electrons. The lowest BCUT2D eigenvalue weighted by atomic mass is 9.95. The maximum Gasteiger partial charge on any atom is 0.256 e. The van der Waals surface area contributed by atoms with Crippen LogP contribution in [0.2, 0.25) is 0 Å². The molecule has 2 aromatic heterocycles. The number of carbonyl (C=O) groups is 1. The summed E-state index contributed by atoms with van der Waals surface area (Å²) in [5, 5.41) is 6.67. The van der Waals surface area contributed by atoms with Gasteiger partial charge in [0.15, 0.2) is 0 Å². The zero-order valence-electron chi connectivity index (χ0n) is 18.5. The smallest absolute Gasteiger partial charge is 0.256 e. The van der Waals surface area contributed by atoms with Crippen LogP contribution in [-0.4, -0.2) is 21.3 Å². The molecule has 0 spiro atoms. The normalized spacial score (nSPS) is 14.3. The molecule has 5 rings (SSSR count). The van der Waals surface area contributed by atoms with Crippen LogP contribution in [0.4, 0.5) is 11.4 Å². The first-order valence-corrected chi connectivity index (χ1v) is 12.6. The molecule has 1 aliphatic rings. The Labute approximate surface area is 198 Å². The van der Waals surface area contributed by atoms with E-state index in [1.165, 1.54) is 32.1 Å². The number of fused-ring (bicyclic) bond motifs is 1. The lowest BCUT2D eigenvalue weighted by Crippen LogP contribution is -2.22. The van der Waals surface area contributed by atoms with Crippen molar-refractivity contribution in [1.82, 2.24) is 9.38 Å². The number of benzene rings is 2. The molecule has 33 heavy (non-hydrogen) atoms. The third kappa shape index (κ3) is 5.40. The van der Waals surface area contributed by atoms with E-state index in [9.17, 15) is 4.79 Å². The van der Waals surface area contributed by atoms with Gasteiger partial charge in [-0.3, -0.25) is 4.79 Å². The average molecular weight is 457 g/mol. The Morgan fingerprint density at radius 3 is 2.52 bits per heavy atom. The average Bonchev–Trinajstić information content (AvgIpc) is 3.28. The van der Waals surface area contributed by atoms with Gasteiger partial charge in [-0.2, -0.15) is 0 Å². The maximum atomic E-state index is 13.0. The number of aromatic nitrogens is 2. The fourth-order valence-electron chi connectivity index (χ4n) is 4.32. The standard InChI is InChI=1S/C27H28N4OS/c32-27(30-22-15-13-21(14-16-22)28-20-8-2-1-3-9-20)24-10-4-5-11-25(24)33-19-23-18-31-17-7-6-12-26(31)29-23/h4-7,10-18,20,28H,1-3,8-9,19H2,(H,30,32). The number of rotatable bonds is 7. The van der Waals surface area contributed by atoms with Crippen LogP contribution in [0.1, 0.15) is 48.2 Å². The molecule has 2 heterocycles. The van der Waals surface area contributed by atoms with Gasteiger partial charge in [0, 0.05) is 40.5 Å². The molecular formula is C27H28N4OS. The Bertz CT molecular complexity index is 1200. The molecule has 168 valence electrons. The van der Waals surface area contributed by atoms with Gasteiger partial charge in [0.2, 0.25) is 0 Å². The summed E-state index contributed by atoms with van der Waals surface area (Å²) in [6.45, 7) is 0. The molecule has 2 aromatic carbocycles. The number of hydrogen-bond donors (Lipinski definition) is 2. The molecule has 5 nitrogen and oxygen atoms in total. The van der Waals surface area contributed by atoms with E-state index in [1.54, 1.807) is 11.8 Å². The molecule has 1 saturated carbocycles. The Morgan fingerprint density at radius 2 is 1.70 bits per heavy atom. The number of carbonyl (C=O) groups excluding carboxylic acids is 1. The van der Waals surface area contributed by atoms with Gasteiger partial charge in [0.25, 0.3) is 5.91 Å². The zero-order chi connectivity index (χ0) is 22.5. The second-order valence-electron chi connectivity index (χ2n) is 8.49. The number of nitrogens with zero attached hydrogens (tertiary/aromatic N) is 2. The largest absolute Gasteiger partial charge is 0.382 e. The highest BCUT2D eigenvalue weighted by Crippen LogP contribution is 2.27. The monoisotopic (exact) mass is 456 g/mol. The molecule has 4 aromatic rings. The maximum absolute atomic E-state index is 13.0. The van der Waals surface area contributed by atoms with Crippen molar-refractivity contribution in [3.05, 3.63) is 90.4 Å². The van der Waals surface area contributed by atoms with Gasteiger partial charge < -0.3 is 15.0 Å².